The van der Waals surface area contributed by atoms with E-state index in [1.54, 1.807) is 7.05 Å². The Morgan fingerprint density at radius 2 is 2.06 bits per heavy atom. The van der Waals surface area contributed by atoms with Gasteiger partial charge in [-0.25, -0.2) is 22.5 Å². The molecule has 0 radical (unpaired) electrons. The average Bonchev–Trinajstić information content (AvgIpc) is 3.26. The van der Waals surface area contributed by atoms with Gasteiger partial charge < -0.3 is 21.7 Å². The highest BCUT2D eigenvalue weighted by molar-refractivity contribution is 7.19. The van der Waals surface area contributed by atoms with Gasteiger partial charge in [0.15, 0.2) is 11.5 Å². The Balaban J connectivity index is 1.63. The van der Waals surface area contributed by atoms with Gasteiger partial charge in [-0.3, -0.25) is 9.48 Å². The molecule has 1 aliphatic heterocycles. The van der Waals surface area contributed by atoms with E-state index < -0.39 is 42.5 Å². The normalized spacial score (nSPS) is 18.1. The number of carbonyl (C=O) groups excluding carboxylic acids is 1. The topological polar surface area (TPSA) is 115 Å². The molecule has 182 valence electrons. The number of nitrogens with one attached hydrogen (secondary N) is 1. The summed E-state index contributed by atoms with van der Waals surface area (Å²) in [5.41, 5.74) is 11.5. The van der Waals surface area contributed by atoms with Gasteiger partial charge in [0.2, 0.25) is 0 Å². The molecule has 3 heterocycles. The fourth-order valence-electron chi connectivity index (χ4n) is 3.94. The molecule has 4 rings (SSSR count). The van der Waals surface area contributed by atoms with E-state index in [4.69, 9.17) is 11.5 Å². The molecule has 1 aromatic carbocycles. The number of rotatable bonds is 4. The van der Waals surface area contributed by atoms with Gasteiger partial charge in [-0.2, -0.15) is 5.10 Å². The van der Waals surface area contributed by atoms with Crippen molar-refractivity contribution in [3.8, 4) is 10.6 Å². The fourth-order valence-corrected chi connectivity index (χ4v) is 4.81. The van der Waals surface area contributed by atoms with Gasteiger partial charge in [-0.1, -0.05) is 17.4 Å². The first-order valence-electron chi connectivity index (χ1n) is 10.4. The van der Waals surface area contributed by atoms with E-state index in [1.807, 2.05) is 0 Å². The largest absolute Gasteiger partial charge is 0.389 e. The lowest BCUT2D eigenvalue weighted by Gasteiger charge is -2.26. The zero-order chi connectivity index (χ0) is 24.8. The van der Waals surface area contributed by atoms with Crippen LogP contribution in [-0.2, 0) is 7.05 Å². The number of anilines is 3. The van der Waals surface area contributed by atoms with Crippen LogP contribution in [0.15, 0.2) is 18.3 Å². The maximum absolute atomic E-state index is 14.5. The van der Waals surface area contributed by atoms with E-state index in [1.165, 1.54) is 28.8 Å². The molecule has 1 fully saturated rings. The van der Waals surface area contributed by atoms with Crippen LogP contribution in [0.3, 0.4) is 0 Å². The second kappa shape index (κ2) is 8.87. The molecule has 0 bridgehead atoms. The molecule has 2 aromatic heterocycles. The first-order chi connectivity index (χ1) is 16.0. The van der Waals surface area contributed by atoms with E-state index in [9.17, 15) is 22.4 Å². The second-order valence-electron chi connectivity index (χ2n) is 8.28. The van der Waals surface area contributed by atoms with Crippen molar-refractivity contribution >= 4 is 33.8 Å². The van der Waals surface area contributed by atoms with Crippen LogP contribution in [0.4, 0.5) is 34.1 Å². The third-order valence-corrected chi connectivity index (χ3v) is 6.48. The van der Waals surface area contributed by atoms with Crippen molar-refractivity contribution in [3.63, 3.8) is 0 Å². The molecule has 0 saturated carbocycles. The van der Waals surface area contributed by atoms with E-state index in [0.29, 0.717) is 6.42 Å². The van der Waals surface area contributed by atoms with Crippen molar-refractivity contribution in [2.45, 2.75) is 31.7 Å². The Kier molecular flexibility index (Phi) is 6.25. The SMILES string of the molecule is Cc1ccc(F)c(-c2nc(C(=O)Nc3cnn(C)c3N3CC[C@@H](N)CC(F)(F)C3)c(N)s2)c1F. The number of hydrogen-bond donors (Lipinski definition) is 3. The number of halogens is 4. The number of aryl methyl sites for hydroxylation is 2. The number of nitrogens with two attached hydrogens (primary N) is 2. The van der Waals surface area contributed by atoms with Crippen molar-refractivity contribution < 1.29 is 22.4 Å². The highest BCUT2D eigenvalue weighted by Crippen LogP contribution is 2.36. The molecule has 34 heavy (non-hydrogen) atoms. The zero-order valence-electron chi connectivity index (χ0n) is 18.4. The molecule has 1 aliphatic rings. The molecular formula is C21H23F4N7OS. The number of amides is 1. The predicted molar refractivity (Wildman–Crippen MR) is 122 cm³/mol. The van der Waals surface area contributed by atoms with Crippen LogP contribution in [0.2, 0.25) is 0 Å². The third kappa shape index (κ3) is 4.57. The summed E-state index contributed by atoms with van der Waals surface area (Å²) in [6.45, 7) is 1.14. The van der Waals surface area contributed by atoms with Crippen LogP contribution in [0.1, 0.15) is 28.9 Å². The molecule has 5 N–H and O–H groups in total. The number of hydrogen-bond acceptors (Lipinski definition) is 7. The molecule has 3 aromatic rings. The molecule has 0 spiro atoms. The first-order valence-corrected chi connectivity index (χ1v) is 11.2. The van der Waals surface area contributed by atoms with Crippen LogP contribution in [0, 0.1) is 18.6 Å². The van der Waals surface area contributed by atoms with E-state index in [2.05, 4.69) is 15.4 Å². The van der Waals surface area contributed by atoms with Gasteiger partial charge in [0.1, 0.15) is 27.3 Å². The highest BCUT2D eigenvalue weighted by atomic mass is 32.1. The van der Waals surface area contributed by atoms with Crippen molar-refractivity contribution in [2.75, 3.05) is 29.0 Å². The minimum atomic E-state index is -3.02. The summed E-state index contributed by atoms with van der Waals surface area (Å²) in [4.78, 5) is 18.4. The number of nitrogens with zero attached hydrogens (tertiary/aromatic N) is 4. The lowest BCUT2D eigenvalue weighted by Crippen LogP contribution is -2.37. The highest BCUT2D eigenvalue weighted by Gasteiger charge is 2.38. The van der Waals surface area contributed by atoms with E-state index >= 15 is 0 Å². The predicted octanol–water partition coefficient (Wildman–Crippen LogP) is 3.53. The number of thiazole rings is 1. The minimum Gasteiger partial charge on any atom is -0.389 e. The summed E-state index contributed by atoms with van der Waals surface area (Å²) < 4.78 is 58.8. The smallest absolute Gasteiger partial charge is 0.277 e. The summed E-state index contributed by atoms with van der Waals surface area (Å²) in [6, 6.07) is 1.75. The maximum atomic E-state index is 14.5. The van der Waals surface area contributed by atoms with Gasteiger partial charge in [-0.15, -0.1) is 0 Å². The second-order valence-corrected chi connectivity index (χ2v) is 9.31. The Morgan fingerprint density at radius 3 is 2.79 bits per heavy atom. The van der Waals surface area contributed by atoms with Gasteiger partial charge in [0, 0.05) is 26.1 Å². The average molecular weight is 498 g/mol. The Hall–Kier alpha value is -3.19. The summed E-state index contributed by atoms with van der Waals surface area (Å²) in [7, 11) is 1.56. The van der Waals surface area contributed by atoms with E-state index in [-0.39, 0.29) is 44.9 Å². The van der Waals surface area contributed by atoms with Crippen molar-refractivity contribution in [1.82, 2.24) is 14.8 Å². The van der Waals surface area contributed by atoms with Gasteiger partial charge in [0.25, 0.3) is 11.8 Å². The Labute approximate surface area is 196 Å². The van der Waals surface area contributed by atoms with Gasteiger partial charge in [0.05, 0.1) is 18.3 Å². The monoisotopic (exact) mass is 497 g/mol. The molecular weight excluding hydrogens is 474 g/mol. The zero-order valence-corrected chi connectivity index (χ0v) is 19.2. The standard InChI is InChI=1S/C21H23F4N7OS/c1-10-3-4-12(22)14(15(10)23)19-30-16(17(27)34-19)18(33)29-13-8-28-31(2)20(13)32-6-5-11(26)7-21(24,25)9-32/h3-4,8,11H,5-7,9,26-27H2,1-2H3,(H,29,33)/t11-/m1/s1. The lowest BCUT2D eigenvalue weighted by molar-refractivity contribution is -0.000527. The van der Waals surface area contributed by atoms with E-state index in [0.717, 1.165) is 17.4 Å². The van der Waals surface area contributed by atoms with Crippen LogP contribution >= 0.6 is 11.3 Å². The Morgan fingerprint density at radius 1 is 1.32 bits per heavy atom. The van der Waals surface area contributed by atoms with Crippen LogP contribution in [-0.4, -0.2) is 45.7 Å². The summed E-state index contributed by atoms with van der Waals surface area (Å²) in [5.74, 6) is -5.14. The maximum Gasteiger partial charge on any atom is 0.277 e. The number of benzene rings is 1. The van der Waals surface area contributed by atoms with Gasteiger partial charge >= 0.3 is 0 Å². The molecule has 1 atom stereocenters. The number of alkyl halides is 2. The third-order valence-electron chi connectivity index (χ3n) is 5.57. The summed E-state index contributed by atoms with van der Waals surface area (Å²) in [6.07, 6.45) is 1.22. The molecule has 0 aliphatic carbocycles. The number of carbonyl (C=O) groups is 1. The molecule has 1 saturated heterocycles. The Bertz CT molecular complexity index is 1240. The summed E-state index contributed by atoms with van der Waals surface area (Å²) in [5, 5.41) is 6.53. The van der Waals surface area contributed by atoms with Crippen LogP contribution in [0.5, 0.6) is 0 Å². The van der Waals surface area contributed by atoms with Crippen LogP contribution in [0.25, 0.3) is 10.6 Å². The molecule has 1 amide bonds. The first kappa shape index (κ1) is 24.0. The quantitative estimate of drug-likeness (QED) is 0.475. The number of aromatic nitrogens is 3. The van der Waals surface area contributed by atoms with Gasteiger partial charge in [-0.05, 0) is 25.0 Å². The lowest BCUT2D eigenvalue weighted by atomic mass is 10.1. The molecule has 8 nitrogen and oxygen atoms in total. The van der Waals surface area contributed by atoms with Crippen molar-refractivity contribution in [2.24, 2.45) is 12.8 Å². The fraction of sp³-hybridized carbons (Fsp3) is 0.381. The molecule has 13 heteroatoms. The van der Waals surface area contributed by atoms with Crippen molar-refractivity contribution in [3.05, 3.63) is 41.2 Å². The molecule has 0 unspecified atom stereocenters. The van der Waals surface area contributed by atoms with Crippen LogP contribution < -0.4 is 21.7 Å². The van der Waals surface area contributed by atoms with Crippen molar-refractivity contribution in [1.29, 1.82) is 0 Å². The number of nitrogen functional groups attached to an aromatic ring is 1. The minimum absolute atomic E-state index is 0.0504. The summed E-state index contributed by atoms with van der Waals surface area (Å²) >= 11 is 0.765.